The summed E-state index contributed by atoms with van der Waals surface area (Å²) >= 11 is 24.7. The highest BCUT2D eigenvalue weighted by Crippen LogP contribution is 2.37. The van der Waals surface area contributed by atoms with Gasteiger partial charge in [-0.3, -0.25) is 15.0 Å². The second-order valence-electron chi connectivity index (χ2n) is 6.78. The Morgan fingerprint density at radius 1 is 0.938 bits per heavy atom. The Morgan fingerprint density at radius 2 is 1.62 bits per heavy atom. The van der Waals surface area contributed by atoms with Gasteiger partial charge < -0.3 is 5.32 Å². The van der Waals surface area contributed by atoms with Gasteiger partial charge in [0.25, 0.3) is 11.8 Å². The molecule has 10 heteroatoms. The van der Waals surface area contributed by atoms with Crippen LogP contribution in [0, 0.1) is 0 Å². The molecule has 4 rings (SSSR count). The number of aliphatic imine (C=N–C) groups is 1. The van der Waals surface area contributed by atoms with Gasteiger partial charge in [-0.2, -0.15) is 0 Å². The van der Waals surface area contributed by atoms with Crippen molar-refractivity contribution in [2.45, 2.75) is 6.42 Å². The minimum atomic E-state index is -0.306. The zero-order chi connectivity index (χ0) is 22.8. The predicted octanol–water partition coefficient (Wildman–Crippen LogP) is 6.52. The van der Waals surface area contributed by atoms with Crippen LogP contribution in [-0.4, -0.2) is 17.6 Å². The van der Waals surface area contributed by atoms with Gasteiger partial charge in [-0.1, -0.05) is 64.6 Å². The fraction of sp³-hybridized carbons (Fsp3) is 0.0455. The standard InChI is InChI=1S/C22H14Cl4N4O2/c23-13-8-16(25)21(17(26)9-13)30-20(31)11-19(29-30)28-18-10-14(6-7-15(18)24)27-22(32)12-4-2-1-3-5-12/h1-10H,11H2,(H,27,32)(H,28,29). The van der Waals surface area contributed by atoms with E-state index in [9.17, 15) is 9.59 Å². The molecular formula is C22H14Cl4N4O2. The van der Waals surface area contributed by atoms with Crippen LogP contribution >= 0.6 is 46.4 Å². The third-order valence-electron chi connectivity index (χ3n) is 4.51. The molecule has 1 aliphatic rings. The lowest BCUT2D eigenvalue weighted by Gasteiger charge is -2.19. The smallest absolute Gasteiger partial charge is 0.255 e. The highest BCUT2D eigenvalue weighted by Gasteiger charge is 2.30. The Bertz CT molecular complexity index is 1220. The number of hydrogen-bond donors (Lipinski definition) is 2. The second-order valence-corrected chi connectivity index (χ2v) is 8.44. The van der Waals surface area contributed by atoms with E-state index in [1.807, 2.05) is 6.07 Å². The number of carbonyl (C=O) groups is 2. The van der Waals surface area contributed by atoms with Crippen molar-refractivity contribution in [1.29, 1.82) is 0 Å². The molecule has 1 fully saturated rings. The van der Waals surface area contributed by atoms with Crippen molar-refractivity contribution >= 4 is 81.1 Å². The molecule has 32 heavy (non-hydrogen) atoms. The van der Waals surface area contributed by atoms with Gasteiger partial charge in [0, 0.05) is 16.3 Å². The Balaban J connectivity index is 1.57. The van der Waals surface area contributed by atoms with Gasteiger partial charge in [0.1, 0.15) is 11.5 Å². The highest BCUT2D eigenvalue weighted by atomic mass is 35.5. The number of hydrazine groups is 1. The van der Waals surface area contributed by atoms with Crippen molar-refractivity contribution < 1.29 is 9.59 Å². The van der Waals surface area contributed by atoms with Crippen LogP contribution < -0.4 is 15.8 Å². The van der Waals surface area contributed by atoms with Crippen LogP contribution in [0.5, 0.6) is 0 Å². The van der Waals surface area contributed by atoms with Crippen LogP contribution in [0.4, 0.5) is 17.1 Å². The summed E-state index contributed by atoms with van der Waals surface area (Å²) in [5.74, 6) is -0.232. The third kappa shape index (κ3) is 4.84. The molecule has 0 spiro atoms. The van der Waals surface area contributed by atoms with Crippen LogP contribution in [0.2, 0.25) is 20.1 Å². The van der Waals surface area contributed by atoms with E-state index in [1.54, 1.807) is 42.5 Å². The average Bonchev–Trinajstić information content (AvgIpc) is 3.10. The molecule has 3 aromatic carbocycles. The number of amides is 2. The summed E-state index contributed by atoms with van der Waals surface area (Å²) in [6, 6.07) is 16.7. The molecule has 1 heterocycles. The molecule has 0 radical (unpaired) electrons. The van der Waals surface area contributed by atoms with Gasteiger partial charge >= 0.3 is 0 Å². The topological polar surface area (TPSA) is 73.8 Å². The van der Waals surface area contributed by atoms with E-state index in [1.165, 1.54) is 17.1 Å². The molecule has 6 nitrogen and oxygen atoms in total. The zero-order valence-electron chi connectivity index (χ0n) is 16.2. The van der Waals surface area contributed by atoms with E-state index in [0.717, 1.165) is 0 Å². The van der Waals surface area contributed by atoms with Crippen molar-refractivity contribution in [3.63, 3.8) is 0 Å². The summed E-state index contributed by atoms with van der Waals surface area (Å²) in [7, 11) is 0. The Kier molecular flexibility index (Phi) is 6.58. The monoisotopic (exact) mass is 506 g/mol. The lowest BCUT2D eigenvalue weighted by Crippen LogP contribution is -2.36. The van der Waals surface area contributed by atoms with E-state index in [0.29, 0.717) is 32.8 Å². The highest BCUT2D eigenvalue weighted by molar-refractivity contribution is 6.42. The molecule has 0 bridgehead atoms. The molecule has 0 aliphatic carbocycles. The van der Waals surface area contributed by atoms with E-state index < -0.39 is 0 Å². The lowest BCUT2D eigenvalue weighted by atomic mass is 10.2. The van der Waals surface area contributed by atoms with Gasteiger partial charge in [-0.15, -0.1) is 0 Å². The number of carbonyl (C=O) groups excluding carboxylic acids is 2. The van der Waals surface area contributed by atoms with Crippen LogP contribution in [-0.2, 0) is 4.79 Å². The zero-order valence-corrected chi connectivity index (χ0v) is 19.2. The number of halogens is 4. The maximum absolute atomic E-state index is 12.6. The maximum atomic E-state index is 12.6. The first-order valence-electron chi connectivity index (χ1n) is 9.29. The number of nitrogens with one attached hydrogen (secondary N) is 2. The largest absolute Gasteiger partial charge is 0.322 e. The van der Waals surface area contributed by atoms with E-state index >= 15 is 0 Å². The fourth-order valence-corrected chi connectivity index (χ4v) is 4.21. The molecule has 0 atom stereocenters. The number of nitrogens with zero attached hydrogens (tertiary/aromatic N) is 2. The number of amidine groups is 1. The van der Waals surface area contributed by atoms with E-state index in [-0.39, 0.29) is 34.0 Å². The molecule has 0 aromatic heterocycles. The van der Waals surface area contributed by atoms with Gasteiger partial charge in [0.05, 0.1) is 27.2 Å². The molecule has 162 valence electrons. The maximum Gasteiger partial charge on any atom is 0.255 e. The minimum absolute atomic E-state index is 0.0216. The number of rotatable bonds is 4. The van der Waals surface area contributed by atoms with Crippen molar-refractivity contribution in [2.24, 2.45) is 4.99 Å². The first-order chi connectivity index (χ1) is 15.3. The number of anilines is 2. The summed E-state index contributed by atoms with van der Waals surface area (Å²) in [6.45, 7) is 0. The molecular weight excluding hydrogens is 494 g/mol. The molecule has 0 unspecified atom stereocenters. The van der Waals surface area contributed by atoms with Gasteiger partial charge in [0.15, 0.2) is 0 Å². The SMILES string of the molecule is O=C(Nc1ccc(Cl)c(N=C2CC(=O)N(c3c(Cl)cc(Cl)cc3Cl)N2)c1)c1ccccc1. The van der Waals surface area contributed by atoms with Crippen molar-refractivity contribution in [3.8, 4) is 0 Å². The average molecular weight is 508 g/mol. The van der Waals surface area contributed by atoms with Gasteiger partial charge in [-0.25, -0.2) is 10.0 Å². The molecule has 3 aromatic rings. The first kappa shape index (κ1) is 22.4. The molecule has 2 amide bonds. The third-order valence-corrected chi connectivity index (χ3v) is 5.62. The number of benzene rings is 3. The predicted molar refractivity (Wildman–Crippen MR) is 130 cm³/mol. The Morgan fingerprint density at radius 3 is 2.31 bits per heavy atom. The summed E-state index contributed by atoms with van der Waals surface area (Å²) in [4.78, 5) is 29.4. The second kappa shape index (κ2) is 9.38. The summed E-state index contributed by atoms with van der Waals surface area (Å²) in [5.41, 5.74) is 4.58. The number of hydrogen-bond acceptors (Lipinski definition) is 3. The van der Waals surface area contributed by atoms with Crippen LogP contribution in [0.3, 0.4) is 0 Å². The minimum Gasteiger partial charge on any atom is -0.322 e. The first-order valence-corrected chi connectivity index (χ1v) is 10.8. The van der Waals surface area contributed by atoms with Gasteiger partial charge in [-0.05, 0) is 42.5 Å². The van der Waals surface area contributed by atoms with Crippen molar-refractivity contribution in [2.75, 3.05) is 10.3 Å². The van der Waals surface area contributed by atoms with E-state index in [4.69, 9.17) is 46.4 Å². The van der Waals surface area contributed by atoms with Crippen LogP contribution in [0.15, 0.2) is 65.7 Å². The molecule has 1 aliphatic heterocycles. The Labute approximate surface area is 203 Å². The summed E-state index contributed by atoms with van der Waals surface area (Å²) < 4.78 is 0. The Hall–Kier alpha value is -2.77. The van der Waals surface area contributed by atoms with Gasteiger partial charge in [0.2, 0.25) is 0 Å². The summed E-state index contributed by atoms with van der Waals surface area (Å²) in [5, 5.41) is 5.16. The fourth-order valence-electron chi connectivity index (χ4n) is 3.06. The lowest BCUT2D eigenvalue weighted by molar-refractivity contribution is -0.116. The normalized spacial score (nSPS) is 14.6. The summed E-state index contributed by atoms with van der Waals surface area (Å²) in [6.07, 6.45) is -0.0216. The quantitative estimate of drug-likeness (QED) is 0.422. The molecule has 0 saturated carbocycles. The van der Waals surface area contributed by atoms with Crippen LogP contribution in [0.25, 0.3) is 0 Å². The van der Waals surface area contributed by atoms with Crippen molar-refractivity contribution in [1.82, 2.24) is 5.43 Å². The molecule has 1 saturated heterocycles. The van der Waals surface area contributed by atoms with Crippen LogP contribution in [0.1, 0.15) is 16.8 Å². The van der Waals surface area contributed by atoms with E-state index in [2.05, 4.69) is 15.7 Å². The molecule has 2 N–H and O–H groups in total. The van der Waals surface area contributed by atoms with Crippen molar-refractivity contribution in [3.05, 3.63) is 86.3 Å².